The lowest BCUT2D eigenvalue weighted by Crippen LogP contribution is -2.20. The normalized spacial score (nSPS) is 13.7. The molecule has 1 saturated carbocycles. The zero-order valence-electron chi connectivity index (χ0n) is 18.1. The molecule has 0 bridgehead atoms. The Labute approximate surface area is 186 Å². The second kappa shape index (κ2) is 9.61. The maximum Gasteiger partial charge on any atom is 0.128 e. The number of nitrogens with one attached hydrogen (secondary N) is 2. The van der Waals surface area contributed by atoms with Crippen LogP contribution in [0.5, 0.6) is 11.5 Å². The SMILES string of the molecule is COc1cc(OC)cc(N(CC2CC2)c2ccc3ncc(/C(C=N)=N/NCO)nc3c2)c1. The fraction of sp³-hybridized carbons (Fsp3) is 0.304. The predicted octanol–water partition coefficient (Wildman–Crippen LogP) is 3.09. The van der Waals surface area contributed by atoms with Crippen LogP contribution in [0.15, 0.2) is 47.7 Å². The number of rotatable bonds is 10. The molecule has 9 nitrogen and oxygen atoms in total. The first-order chi connectivity index (χ1) is 15.6. The molecule has 1 fully saturated rings. The molecular weight excluding hydrogens is 408 g/mol. The highest BCUT2D eigenvalue weighted by atomic mass is 16.5. The molecule has 9 heteroatoms. The third-order valence-corrected chi connectivity index (χ3v) is 5.29. The van der Waals surface area contributed by atoms with Crippen LogP contribution in [0.25, 0.3) is 11.0 Å². The number of hydrazone groups is 1. The molecule has 0 saturated heterocycles. The number of benzene rings is 2. The molecule has 3 aromatic rings. The van der Waals surface area contributed by atoms with Crippen LogP contribution in [0.2, 0.25) is 0 Å². The molecule has 0 aliphatic heterocycles. The summed E-state index contributed by atoms with van der Waals surface area (Å²) >= 11 is 0. The Morgan fingerprint density at radius 2 is 1.91 bits per heavy atom. The zero-order valence-corrected chi connectivity index (χ0v) is 18.1. The summed E-state index contributed by atoms with van der Waals surface area (Å²) in [5.74, 6) is 2.10. The molecule has 0 spiro atoms. The summed E-state index contributed by atoms with van der Waals surface area (Å²) in [4.78, 5) is 11.4. The summed E-state index contributed by atoms with van der Waals surface area (Å²) in [7, 11) is 3.29. The molecule has 0 radical (unpaired) electrons. The summed E-state index contributed by atoms with van der Waals surface area (Å²) in [5.41, 5.74) is 6.56. The number of aliphatic hydroxyl groups is 1. The topological polar surface area (TPSA) is 116 Å². The number of hydrogen-bond acceptors (Lipinski definition) is 9. The Bertz CT molecular complexity index is 1120. The van der Waals surface area contributed by atoms with Gasteiger partial charge in [0.2, 0.25) is 0 Å². The number of aromatic nitrogens is 2. The second-order valence-electron chi connectivity index (χ2n) is 7.51. The molecule has 2 aromatic carbocycles. The first-order valence-electron chi connectivity index (χ1n) is 10.3. The number of hydrogen-bond donors (Lipinski definition) is 3. The fourth-order valence-corrected chi connectivity index (χ4v) is 3.44. The molecule has 1 aliphatic carbocycles. The standard InChI is InChI=1S/C23H26N6O3/c1-31-18-7-17(8-19(10-18)32-2)29(13-15-3-4-15)16-5-6-20-21(9-16)27-23(12-25-20)22(11-24)28-26-14-30/h5-12,15,24,26,30H,3-4,13-14H2,1-2H3/b24-11?,28-22+. The van der Waals surface area contributed by atoms with E-state index in [4.69, 9.17) is 20.0 Å². The van der Waals surface area contributed by atoms with Crippen LogP contribution in [-0.2, 0) is 0 Å². The third-order valence-electron chi connectivity index (χ3n) is 5.29. The molecule has 1 aliphatic rings. The molecule has 1 heterocycles. The van der Waals surface area contributed by atoms with Crippen molar-refractivity contribution in [2.45, 2.75) is 12.8 Å². The monoisotopic (exact) mass is 434 g/mol. The molecule has 3 N–H and O–H groups in total. The van der Waals surface area contributed by atoms with Crippen LogP contribution in [0.1, 0.15) is 18.5 Å². The first kappa shape index (κ1) is 21.5. The number of aliphatic hydroxyl groups excluding tert-OH is 1. The van der Waals surface area contributed by atoms with Crippen molar-refractivity contribution in [1.29, 1.82) is 5.41 Å². The van der Waals surface area contributed by atoms with Gasteiger partial charge in [0.15, 0.2) is 0 Å². The Morgan fingerprint density at radius 1 is 1.16 bits per heavy atom. The van der Waals surface area contributed by atoms with Crippen molar-refractivity contribution >= 4 is 34.3 Å². The molecule has 0 unspecified atom stereocenters. The number of ether oxygens (including phenoxy) is 2. The molecule has 0 atom stereocenters. The molecule has 4 rings (SSSR count). The summed E-state index contributed by atoms with van der Waals surface area (Å²) in [6.07, 6.45) is 5.07. The van der Waals surface area contributed by atoms with Gasteiger partial charge in [-0.15, -0.1) is 0 Å². The van der Waals surface area contributed by atoms with Crippen LogP contribution < -0.4 is 19.8 Å². The van der Waals surface area contributed by atoms with E-state index < -0.39 is 0 Å². The quantitative estimate of drug-likeness (QED) is 0.255. The molecular formula is C23H26N6O3. The van der Waals surface area contributed by atoms with E-state index in [1.807, 2.05) is 36.4 Å². The minimum atomic E-state index is -0.331. The average molecular weight is 435 g/mol. The van der Waals surface area contributed by atoms with Crippen LogP contribution >= 0.6 is 0 Å². The van der Waals surface area contributed by atoms with Crippen LogP contribution in [0.4, 0.5) is 11.4 Å². The Balaban J connectivity index is 1.76. The Morgan fingerprint density at radius 3 is 2.53 bits per heavy atom. The van der Waals surface area contributed by atoms with E-state index in [0.29, 0.717) is 17.1 Å². The summed E-state index contributed by atoms with van der Waals surface area (Å²) in [6, 6.07) is 11.8. The van der Waals surface area contributed by atoms with Crippen LogP contribution in [-0.4, -0.2) is 54.5 Å². The van der Waals surface area contributed by atoms with Gasteiger partial charge < -0.3 is 24.9 Å². The van der Waals surface area contributed by atoms with Crippen LogP contribution in [0.3, 0.4) is 0 Å². The highest BCUT2D eigenvalue weighted by Gasteiger charge is 2.26. The second-order valence-corrected chi connectivity index (χ2v) is 7.51. The highest BCUT2D eigenvalue weighted by Crippen LogP contribution is 2.38. The number of anilines is 2. The van der Waals surface area contributed by atoms with Crippen molar-refractivity contribution in [1.82, 2.24) is 15.4 Å². The Kier molecular flexibility index (Phi) is 6.46. The largest absolute Gasteiger partial charge is 0.497 e. The van der Waals surface area contributed by atoms with Gasteiger partial charge in [0.05, 0.1) is 31.4 Å². The van der Waals surface area contributed by atoms with Gasteiger partial charge in [-0.05, 0) is 37.0 Å². The first-order valence-corrected chi connectivity index (χ1v) is 10.3. The van der Waals surface area contributed by atoms with Gasteiger partial charge in [-0.2, -0.15) is 5.10 Å². The van der Waals surface area contributed by atoms with E-state index in [9.17, 15) is 0 Å². The average Bonchev–Trinajstić information content (AvgIpc) is 3.66. The molecule has 1 aromatic heterocycles. The summed E-state index contributed by atoms with van der Waals surface area (Å²) in [5, 5.41) is 20.5. The van der Waals surface area contributed by atoms with E-state index in [1.54, 1.807) is 20.4 Å². The van der Waals surface area contributed by atoms with Gasteiger partial charge in [-0.25, -0.2) is 4.98 Å². The third kappa shape index (κ3) is 4.78. The van der Waals surface area contributed by atoms with Gasteiger partial charge in [0.1, 0.15) is 29.6 Å². The fourth-order valence-electron chi connectivity index (χ4n) is 3.44. The number of nitrogens with zero attached hydrogens (tertiary/aromatic N) is 4. The molecule has 166 valence electrons. The van der Waals surface area contributed by atoms with Gasteiger partial charge >= 0.3 is 0 Å². The maximum atomic E-state index is 8.93. The van der Waals surface area contributed by atoms with Crippen molar-refractivity contribution in [2.24, 2.45) is 11.0 Å². The van der Waals surface area contributed by atoms with Crippen molar-refractivity contribution in [3.8, 4) is 11.5 Å². The molecule has 32 heavy (non-hydrogen) atoms. The van der Waals surface area contributed by atoms with Crippen molar-refractivity contribution < 1.29 is 14.6 Å². The lowest BCUT2D eigenvalue weighted by atomic mass is 10.1. The minimum absolute atomic E-state index is 0.284. The minimum Gasteiger partial charge on any atom is -0.497 e. The lowest BCUT2D eigenvalue weighted by Gasteiger charge is -2.26. The van der Waals surface area contributed by atoms with Gasteiger partial charge in [-0.1, -0.05) is 0 Å². The van der Waals surface area contributed by atoms with E-state index in [0.717, 1.165) is 41.1 Å². The van der Waals surface area contributed by atoms with Gasteiger partial charge in [0.25, 0.3) is 0 Å². The van der Waals surface area contributed by atoms with E-state index in [1.165, 1.54) is 12.8 Å². The Hall–Kier alpha value is -3.72. The lowest BCUT2D eigenvalue weighted by molar-refractivity contribution is 0.264. The smallest absolute Gasteiger partial charge is 0.128 e. The predicted molar refractivity (Wildman–Crippen MR) is 124 cm³/mol. The van der Waals surface area contributed by atoms with E-state index in [2.05, 4.69) is 25.4 Å². The summed E-state index contributed by atoms with van der Waals surface area (Å²) < 4.78 is 10.9. The zero-order chi connectivity index (χ0) is 22.5. The highest BCUT2D eigenvalue weighted by molar-refractivity contribution is 6.36. The number of fused-ring (bicyclic) bond motifs is 1. The van der Waals surface area contributed by atoms with Crippen molar-refractivity contribution in [3.63, 3.8) is 0 Å². The van der Waals surface area contributed by atoms with E-state index >= 15 is 0 Å². The van der Waals surface area contributed by atoms with Crippen LogP contribution in [0, 0.1) is 11.3 Å². The van der Waals surface area contributed by atoms with Gasteiger partial charge in [-0.3, -0.25) is 10.4 Å². The van der Waals surface area contributed by atoms with Gasteiger partial charge in [0, 0.05) is 42.3 Å². The van der Waals surface area contributed by atoms with E-state index in [-0.39, 0.29) is 12.4 Å². The summed E-state index contributed by atoms with van der Waals surface area (Å²) in [6.45, 7) is 0.547. The molecule has 0 amide bonds. The van der Waals surface area contributed by atoms with Crippen molar-refractivity contribution in [3.05, 3.63) is 48.3 Å². The number of methoxy groups -OCH3 is 2. The maximum absolute atomic E-state index is 8.93. The van der Waals surface area contributed by atoms with Crippen molar-refractivity contribution in [2.75, 3.05) is 32.4 Å².